The summed E-state index contributed by atoms with van der Waals surface area (Å²) in [5.41, 5.74) is 3.98. The summed E-state index contributed by atoms with van der Waals surface area (Å²) in [7, 11) is 0. The molecule has 0 saturated carbocycles. The third kappa shape index (κ3) is 4.38. The van der Waals surface area contributed by atoms with Gasteiger partial charge in [0.25, 0.3) is 0 Å². The van der Waals surface area contributed by atoms with Gasteiger partial charge in [-0.05, 0) is 0 Å². The Labute approximate surface area is 73.5 Å². The number of halogens is 1. The minimum Gasteiger partial charge on any atom is -0.539 e. The molecule has 1 aliphatic rings. The largest absolute Gasteiger partial charge is 0.539 e. The quantitative estimate of drug-likeness (QED) is 0.384. The topological polar surface area (TPSA) is 115 Å². The maximum absolute atomic E-state index is 12.4. The van der Waals surface area contributed by atoms with Gasteiger partial charge in [0.2, 0.25) is 0 Å². The first-order valence-corrected chi connectivity index (χ1v) is 3.45. The first kappa shape index (κ1) is 11.8. The molecule has 76 valence electrons. The van der Waals surface area contributed by atoms with Crippen LogP contribution in [0, 0.1) is 0 Å². The van der Waals surface area contributed by atoms with Crippen molar-refractivity contribution in [3.8, 4) is 0 Å². The van der Waals surface area contributed by atoms with Crippen molar-refractivity contribution >= 4 is 11.9 Å². The van der Waals surface area contributed by atoms with E-state index >= 15 is 0 Å². The van der Waals surface area contributed by atoms with Crippen molar-refractivity contribution in [3.05, 3.63) is 0 Å². The zero-order valence-corrected chi connectivity index (χ0v) is 6.75. The van der Waals surface area contributed by atoms with Crippen LogP contribution in [0.15, 0.2) is 0 Å². The van der Waals surface area contributed by atoms with Gasteiger partial charge >= 0.3 is 5.97 Å². The molecule has 0 unspecified atom stereocenters. The average molecular weight is 193 g/mol. The van der Waals surface area contributed by atoms with Crippen molar-refractivity contribution in [1.29, 1.82) is 0 Å². The molecule has 4 N–H and O–H groups in total. The third-order valence-corrected chi connectivity index (χ3v) is 1.42. The van der Waals surface area contributed by atoms with Crippen molar-refractivity contribution in [2.24, 2.45) is 5.73 Å². The van der Waals surface area contributed by atoms with E-state index in [-0.39, 0.29) is 6.54 Å². The molecular formula is C6H10FN2O4-. The molecule has 7 heteroatoms. The van der Waals surface area contributed by atoms with Crippen LogP contribution in [-0.4, -0.2) is 42.3 Å². The number of aliphatic carboxylic acids is 2. The first-order valence-electron chi connectivity index (χ1n) is 3.45. The van der Waals surface area contributed by atoms with E-state index in [0.717, 1.165) is 0 Å². The SMILES string of the molecule is NCC1(F)CNC1.O=C([O-])C(=O)O. The van der Waals surface area contributed by atoms with E-state index in [1.54, 1.807) is 0 Å². The summed E-state index contributed by atoms with van der Waals surface area (Å²) in [6, 6.07) is 0. The number of nitrogens with two attached hydrogens (primary N) is 1. The monoisotopic (exact) mass is 193 g/mol. The fraction of sp³-hybridized carbons (Fsp3) is 0.667. The molecule has 0 bridgehead atoms. The summed E-state index contributed by atoms with van der Waals surface area (Å²) < 4.78 is 12.4. The molecular weight excluding hydrogens is 183 g/mol. The highest BCUT2D eigenvalue weighted by Gasteiger charge is 2.34. The molecule has 0 spiro atoms. The summed E-state index contributed by atoms with van der Waals surface area (Å²) in [6.45, 7) is 1.02. The van der Waals surface area contributed by atoms with Gasteiger partial charge in [-0.2, -0.15) is 0 Å². The van der Waals surface area contributed by atoms with Gasteiger partial charge in [0, 0.05) is 19.6 Å². The Morgan fingerprint density at radius 2 is 2.00 bits per heavy atom. The summed E-state index contributed by atoms with van der Waals surface area (Å²) in [6.07, 6.45) is 0. The maximum Gasteiger partial charge on any atom is 0.351 e. The number of carbonyl (C=O) groups excluding carboxylic acids is 1. The number of rotatable bonds is 1. The molecule has 0 aliphatic carbocycles. The summed E-state index contributed by atoms with van der Waals surface area (Å²) in [4.78, 5) is 18.0. The van der Waals surface area contributed by atoms with Gasteiger partial charge in [-0.1, -0.05) is 0 Å². The van der Waals surface area contributed by atoms with E-state index in [9.17, 15) is 4.39 Å². The Morgan fingerprint density at radius 1 is 1.62 bits per heavy atom. The summed E-state index contributed by atoms with van der Waals surface area (Å²) in [5.74, 6) is -4.01. The van der Waals surface area contributed by atoms with Gasteiger partial charge in [-0.3, -0.25) is 0 Å². The van der Waals surface area contributed by atoms with Crippen LogP contribution in [0.4, 0.5) is 4.39 Å². The third-order valence-electron chi connectivity index (χ3n) is 1.42. The molecule has 0 aromatic carbocycles. The number of carboxylic acid groups (broad SMARTS) is 2. The Hall–Kier alpha value is -1.21. The second kappa shape index (κ2) is 4.73. The fourth-order valence-electron chi connectivity index (χ4n) is 0.541. The zero-order chi connectivity index (χ0) is 10.5. The van der Waals surface area contributed by atoms with Crippen molar-refractivity contribution in [1.82, 2.24) is 5.32 Å². The predicted octanol–water partition coefficient (Wildman–Crippen LogP) is -2.92. The molecule has 13 heavy (non-hydrogen) atoms. The number of hydrogen-bond donors (Lipinski definition) is 3. The van der Waals surface area contributed by atoms with Crippen molar-refractivity contribution in [3.63, 3.8) is 0 Å². The lowest BCUT2D eigenvalue weighted by atomic mass is 10.0. The lowest BCUT2D eigenvalue weighted by Gasteiger charge is -2.33. The van der Waals surface area contributed by atoms with Crippen LogP contribution < -0.4 is 16.2 Å². The number of hydrogen-bond acceptors (Lipinski definition) is 5. The second-order valence-electron chi connectivity index (χ2n) is 2.55. The molecule has 1 saturated heterocycles. The molecule has 1 heterocycles. The first-order chi connectivity index (χ1) is 5.91. The van der Waals surface area contributed by atoms with E-state index < -0.39 is 17.6 Å². The van der Waals surface area contributed by atoms with Gasteiger partial charge in [-0.25, -0.2) is 9.18 Å². The lowest BCUT2D eigenvalue weighted by molar-refractivity contribution is -0.303. The highest BCUT2D eigenvalue weighted by molar-refractivity contribution is 6.26. The lowest BCUT2D eigenvalue weighted by Crippen LogP contribution is -2.60. The molecule has 1 aliphatic heterocycles. The highest BCUT2D eigenvalue weighted by atomic mass is 19.1. The highest BCUT2D eigenvalue weighted by Crippen LogP contribution is 2.12. The molecule has 0 atom stereocenters. The Kier molecular flexibility index (Phi) is 4.29. The standard InChI is InChI=1S/C4H9FN2.C2H2O4/c5-4(1-6)2-7-3-4;3-1(4)2(5)6/h7H,1-3,6H2;(H,3,4)(H,5,6)/p-1. The van der Waals surface area contributed by atoms with Crippen molar-refractivity contribution < 1.29 is 24.2 Å². The number of carbonyl (C=O) groups is 2. The number of nitrogens with one attached hydrogen (secondary N) is 1. The molecule has 0 aromatic heterocycles. The van der Waals surface area contributed by atoms with E-state index in [1.165, 1.54) is 0 Å². The van der Waals surface area contributed by atoms with Crippen molar-refractivity contribution in [2.45, 2.75) is 5.67 Å². The molecule has 1 fully saturated rings. The van der Waals surface area contributed by atoms with Crippen LogP contribution in [0.3, 0.4) is 0 Å². The van der Waals surface area contributed by atoms with E-state index in [4.69, 9.17) is 25.5 Å². The summed E-state index contributed by atoms with van der Waals surface area (Å²) in [5, 5.41) is 19.1. The van der Waals surface area contributed by atoms with Crippen LogP contribution >= 0.6 is 0 Å². The second-order valence-corrected chi connectivity index (χ2v) is 2.55. The van der Waals surface area contributed by atoms with Gasteiger partial charge in [0.1, 0.15) is 5.67 Å². The van der Waals surface area contributed by atoms with Crippen LogP contribution in [0.5, 0.6) is 0 Å². The van der Waals surface area contributed by atoms with Crippen LogP contribution in [0.25, 0.3) is 0 Å². The smallest absolute Gasteiger partial charge is 0.351 e. The minimum atomic E-state index is -2.07. The van der Waals surface area contributed by atoms with Crippen LogP contribution in [0.2, 0.25) is 0 Å². The minimum absolute atomic E-state index is 0.153. The molecule has 0 aromatic rings. The summed E-state index contributed by atoms with van der Waals surface area (Å²) >= 11 is 0. The van der Waals surface area contributed by atoms with Crippen molar-refractivity contribution in [2.75, 3.05) is 19.6 Å². The van der Waals surface area contributed by atoms with Gasteiger partial charge in [-0.15, -0.1) is 0 Å². The molecule has 0 amide bonds. The average Bonchev–Trinajstić information content (AvgIpc) is 2.01. The molecule has 0 radical (unpaired) electrons. The van der Waals surface area contributed by atoms with E-state index in [2.05, 4.69) is 5.32 Å². The van der Waals surface area contributed by atoms with Gasteiger partial charge < -0.3 is 26.1 Å². The zero-order valence-electron chi connectivity index (χ0n) is 6.75. The Balaban J connectivity index is 0.000000226. The van der Waals surface area contributed by atoms with Crippen LogP contribution in [0.1, 0.15) is 0 Å². The van der Waals surface area contributed by atoms with E-state index in [1.807, 2.05) is 0 Å². The fourth-order valence-corrected chi connectivity index (χ4v) is 0.541. The van der Waals surface area contributed by atoms with Gasteiger partial charge in [0.15, 0.2) is 5.97 Å². The normalized spacial score (nSPS) is 17.7. The van der Waals surface area contributed by atoms with E-state index in [0.29, 0.717) is 13.1 Å². The molecule has 6 nitrogen and oxygen atoms in total. The Bertz CT molecular complexity index is 187. The number of carboxylic acids is 2. The maximum atomic E-state index is 12.4. The van der Waals surface area contributed by atoms with Gasteiger partial charge in [0.05, 0.1) is 0 Å². The molecule has 1 rings (SSSR count). The number of alkyl halides is 1. The predicted molar refractivity (Wildman–Crippen MR) is 38.4 cm³/mol. The van der Waals surface area contributed by atoms with Crippen LogP contribution in [-0.2, 0) is 9.59 Å². The Morgan fingerprint density at radius 3 is 2.00 bits per heavy atom.